The summed E-state index contributed by atoms with van der Waals surface area (Å²) in [7, 11) is 0. The second-order valence-electron chi connectivity index (χ2n) is 8.21. The van der Waals surface area contributed by atoms with Crippen LogP contribution in [-0.2, 0) is 24.0 Å². The minimum atomic E-state index is -2.09. The molecule has 0 aromatic heterocycles. The zero-order valence-electron chi connectivity index (χ0n) is 17.1. The van der Waals surface area contributed by atoms with E-state index in [1.165, 1.54) is 0 Å². The van der Waals surface area contributed by atoms with Gasteiger partial charge in [-0.3, -0.25) is 0 Å². The summed E-state index contributed by atoms with van der Waals surface area (Å²) in [4.78, 5) is 0. The first-order valence-electron chi connectivity index (χ1n) is 10.4. The van der Waals surface area contributed by atoms with Gasteiger partial charge in [0.2, 0.25) is 0 Å². The van der Waals surface area contributed by atoms with Crippen LogP contribution in [0, 0.1) is 6.29 Å². The molecule has 161 valence electrons. The molecule has 1 aliphatic heterocycles. The summed E-state index contributed by atoms with van der Waals surface area (Å²) < 4.78 is 5.59. The van der Waals surface area contributed by atoms with Gasteiger partial charge in [0.1, 0.15) is 11.7 Å². The molecular weight excluding hydrogens is 392 g/mol. The zero-order chi connectivity index (χ0) is 21.9. The second-order valence-corrected chi connectivity index (χ2v) is 8.21. The van der Waals surface area contributed by atoms with E-state index in [0.29, 0.717) is 0 Å². The van der Waals surface area contributed by atoms with Crippen molar-refractivity contribution in [2.45, 2.75) is 42.7 Å². The second kappa shape index (κ2) is 8.91. The fraction of sp³-hybridized carbons (Fsp3) is 0.269. The number of hydrogen-bond acceptors (Lipinski definition) is 5. The molecule has 1 aliphatic rings. The molecule has 0 amide bonds. The van der Waals surface area contributed by atoms with Crippen molar-refractivity contribution in [2.24, 2.45) is 0 Å². The van der Waals surface area contributed by atoms with E-state index in [2.05, 4.69) is 0 Å². The number of benzene rings is 3. The van der Waals surface area contributed by atoms with Gasteiger partial charge >= 0.3 is 0 Å². The Labute approximate surface area is 182 Å². The summed E-state index contributed by atoms with van der Waals surface area (Å²) in [6.07, 6.45) is -2.90. The maximum atomic E-state index is 11.9. The number of ether oxygens (including phenoxy) is 1. The van der Waals surface area contributed by atoms with Gasteiger partial charge in [0, 0.05) is 19.3 Å². The van der Waals surface area contributed by atoms with Crippen molar-refractivity contribution in [3.05, 3.63) is 114 Å². The number of rotatable bonds is 7. The highest BCUT2D eigenvalue weighted by molar-refractivity contribution is 5.31. The first-order valence-corrected chi connectivity index (χ1v) is 10.4. The molecular formula is C26H27O5. The predicted molar refractivity (Wildman–Crippen MR) is 116 cm³/mol. The van der Waals surface area contributed by atoms with Crippen LogP contribution in [0.2, 0.25) is 0 Å². The summed E-state index contributed by atoms with van der Waals surface area (Å²) in [6, 6.07) is 27.7. The Hall–Kier alpha value is -2.54. The van der Waals surface area contributed by atoms with Crippen molar-refractivity contribution in [1.29, 1.82) is 0 Å². The van der Waals surface area contributed by atoms with Gasteiger partial charge in [-0.05, 0) is 16.7 Å². The number of aliphatic hydroxyl groups is 4. The van der Waals surface area contributed by atoms with Gasteiger partial charge in [0.25, 0.3) is 6.29 Å². The van der Waals surface area contributed by atoms with Gasteiger partial charge in [-0.25, -0.2) is 0 Å². The molecule has 1 saturated heterocycles. The minimum Gasteiger partial charge on any atom is -0.390 e. The van der Waals surface area contributed by atoms with Crippen molar-refractivity contribution < 1.29 is 25.2 Å². The first-order chi connectivity index (χ1) is 14.9. The Balaban J connectivity index is 1.69. The highest BCUT2D eigenvalue weighted by Crippen LogP contribution is 2.48. The van der Waals surface area contributed by atoms with Crippen molar-refractivity contribution in [1.82, 2.24) is 0 Å². The Morgan fingerprint density at radius 3 is 1.68 bits per heavy atom. The lowest BCUT2D eigenvalue weighted by Crippen LogP contribution is -2.62. The maximum Gasteiger partial charge on any atom is 0.258 e. The van der Waals surface area contributed by atoms with Crippen molar-refractivity contribution in [2.75, 3.05) is 0 Å². The molecule has 4 rings (SSSR count). The lowest BCUT2D eigenvalue weighted by Gasteiger charge is -2.41. The molecule has 1 fully saturated rings. The average Bonchev–Trinajstić information content (AvgIpc) is 2.96. The van der Waals surface area contributed by atoms with E-state index in [1.807, 2.05) is 91.0 Å². The number of hydrogen-bond donors (Lipinski definition) is 4. The molecule has 4 N–H and O–H groups in total. The lowest BCUT2D eigenvalue weighted by molar-refractivity contribution is -0.157. The van der Waals surface area contributed by atoms with E-state index in [4.69, 9.17) is 4.74 Å². The highest BCUT2D eigenvalue weighted by Gasteiger charge is 2.67. The molecule has 5 nitrogen and oxygen atoms in total. The predicted octanol–water partition coefficient (Wildman–Crippen LogP) is 2.80. The molecule has 3 aromatic rings. The molecule has 0 aliphatic carbocycles. The standard InChI is InChI=1S/C26H27O5/c27-22(16-19-10-4-1-5-11-19)23-25(29,17-20-12-6-2-7-13-20)26(30,24(28)31-23)18-21-14-8-3-9-15-21/h1-15,22-23,27-30H,16-18H2/t22?,23-,25-,26+/m1/s1. The van der Waals surface area contributed by atoms with Crippen LogP contribution >= 0.6 is 0 Å². The van der Waals surface area contributed by atoms with Gasteiger partial charge in [-0.15, -0.1) is 0 Å². The van der Waals surface area contributed by atoms with E-state index < -0.39 is 29.7 Å². The van der Waals surface area contributed by atoms with Crippen LogP contribution < -0.4 is 0 Å². The van der Waals surface area contributed by atoms with Gasteiger partial charge < -0.3 is 25.2 Å². The van der Waals surface area contributed by atoms with E-state index >= 15 is 0 Å². The van der Waals surface area contributed by atoms with Crippen LogP contribution in [0.5, 0.6) is 0 Å². The third-order valence-electron chi connectivity index (χ3n) is 6.04. The SMILES string of the molecule is O[C]1O[C@H](C(O)Cc2ccccc2)[C@](O)(Cc2ccccc2)[C@]1(O)Cc1ccccc1. The van der Waals surface area contributed by atoms with Gasteiger partial charge in [-0.1, -0.05) is 91.0 Å². The molecule has 1 heterocycles. The van der Waals surface area contributed by atoms with Crippen molar-refractivity contribution >= 4 is 0 Å². The number of aliphatic hydroxyl groups excluding tert-OH is 2. The summed E-state index contributed by atoms with van der Waals surface area (Å²) in [5.74, 6) is 0. The topological polar surface area (TPSA) is 90.2 Å². The molecule has 31 heavy (non-hydrogen) atoms. The molecule has 0 spiro atoms. The minimum absolute atomic E-state index is 0.00223. The van der Waals surface area contributed by atoms with E-state index in [1.54, 1.807) is 0 Å². The fourth-order valence-corrected chi connectivity index (χ4v) is 4.37. The molecule has 4 atom stereocenters. The van der Waals surface area contributed by atoms with Crippen LogP contribution in [0.1, 0.15) is 16.7 Å². The third kappa shape index (κ3) is 4.28. The summed E-state index contributed by atoms with van der Waals surface area (Å²) in [5, 5.41) is 45.2. The Morgan fingerprint density at radius 1 is 0.710 bits per heavy atom. The summed E-state index contributed by atoms with van der Waals surface area (Å²) >= 11 is 0. The van der Waals surface area contributed by atoms with Crippen LogP contribution in [0.3, 0.4) is 0 Å². The summed E-state index contributed by atoms with van der Waals surface area (Å²) in [6.45, 7) is 0. The normalized spacial score (nSPS) is 27.3. The van der Waals surface area contributed by atoms with Crippen LogP contribution in [0.4, 0.5) is 0 Å². The van der Waals surface area contributed by atoms with E-state index in [-0.39, 0.29) is 19.3 Å². The Morgan fingerprint density at radius 2 is 1.16 bits per heavy atom. The van der Waals surface area contributed by atoms with Crippen molar-refractivity contribution in [3.63, 3.8) is 0 Å². The highest BCUT2D eigenvalue weighted by atomic mass is 16.7. The zero-order valence-corrected chi connectivity index (χ0v) is 17.1. The van der Waals surface area contributed by atoms with Gasteiger partial charge in [0.15, 0.2) is 5.60 Å². The monoisotopic (exact) mass is 419 g/mol. The first kappa shape index (κ1) is 21.7. The average molecular weight is 419 g/mol. The van der Waals surface area contributed by atoms with Crippen molar-refractivity contribution in [3.8, 4) is 0 Å². The van der Waals surface area contributed by atoms with Gasteiger partial charge in [-0.2, -0.15) is 0 Å². The van der Waals surface area contributed by atoms with E-state index in [0.717, 1.165) is 16.7 Å². The molecule has 1 radical (unpaired) electrons. The molecule has 5 heteroatoms. The van der Waals surface area contributed by atoms with Crippen LogP contribution in [-0.4, -0.2) is 43.8 Å². The lowest BCUT2D eigenvalue weighted by atomic mass is 9.71. The smallest absolute Gasteiger partial charge is 0.258 e. The largest absolute Gasteiger partial charge is 0.390 e. The quantitative estimate of drug-likeness (QED) is 0.473. The Bertz CT molecular complexity index is 965. The third-order valence-corrected chi connectivity index (χ3v) is 6.04. The summed E-state index contributed by atoms with van der Waals surface area (Å²) in [5.41, 5.74) is -1.70. The molecule has 0 saturated carbocycles. The van der Waals surface area contributed by atoms with Gasteiger partial charge in [0.05, 0.1) is 6.10 Å². The molecule has 0 bridgehead atoms. The van der Waals surface area contributed by atoms with Crippen LogP contribution in [0.25, 0.3) is 0 Å². The molecule has 3 aromatic carbocycles. The fourth-order valence-electron chi connectivity index (χ4n) is 4.37. The Kier molecular flexibility index (Phi) is 6.23. The van der Waals surface area contributed by atoms with Crippen LogP contribution in [0.15, 0.2) is 91.0 Å². The molecule has 1 unspecified atom stereocenters. The maximum absolute atomic E-state index is 11.9. The van der Waals surface area contributed by atoms with E-state index in [9.17, 15) is 20.4 Å².